The summed E-state index contributed by atoms with van der Waals surface area (Å²) >= 11 is 0. The zero-order chi connectivity index (χ0) is 16.1. The van der Waals surface area contributed by atoms with Crippen LogP contribution in [0.1, 0.15) is 26.2 Å². The number of amides is 1. The number of hydrogen-bond acceptors (Lipinski definition) is 4. The third kappa shape index (κ3) is 3.89. The van der Waals surface area contributed by atoms with Crippen molar-refractivity contribution in [1.29, 1.82) is 0 Å². The smallest absolute Gasteiger partial charge is 0.409 e. The van der Waals surface area contributed by atoms with Gasteiger partial charge in [-0.3, -0.25) is 0 Å². The molecule has 2 saturated heterocycles. The van der Waals surface area contributed by atoms with Gasteiger partial charge in [0.25, 0.3) is 0 Å². The topological polar surface area (TPSA) is 36.0 Å². The summed E-state index contributed by atoms with van der Waals surface area (Å²) < 4.78 is 5.07. The first kappa shape index (κ1) is 16.0. The Hall–Kier alpha value is -1.91. The number of nitrogens with zero attached hydrogens (tertiary/aromatic N) is 3. The van der Waals surface area contributed by atoms with Gasteiger partial charge in [0.2, 0.25) is 0 Å². The third-order valence-electron chi connectivity index (χ3n) is 4.74. The van der Waals surface area contributed by atoms with Crippen molar-refractivity contribution in [2.24, 2.45) is 0 Å². The standard InChI is InChI=1S/C18H27N3O2/c1-2-23-18(22)21-14-12-20(13-15-21)17-8-6-16(7-9-17)19-10-4-3-5-11-19/h6-9H,2-5,10-15H2,1H3. The Balaban J connectivity index is 1.55. The molecule has 1 aromatic rings. The molecule has 2 fully saturated rings. The van der Waals surface area contributed by atoms with Gasteiger partial charge in [-0.1, -0.05) is 0 Å². The van der Waals surface area contributed by atoms with E-state index >= 15 is 0 Å². The van der Waals surface area contributed by atoms with Crippen LogP contribution in [-0.4, -0.2) is 56.9 Å². The summed E-state index contributed by atoms with van der Waals surface area (Å²) in [4.78, 5) is 18.4. The van der Waals surface area contributed by atoms with E-state index in [1.165, 1.54) is 43.7 Å². The van der Waals surface area contributed by atoms with Crippen LogP contribution >= 0.6 is 0 Å². The van der Waals surface area contributed by atoms with Crippen LogP contribution in [0, 0.1) is 0 Å². The second-order valence-corrected chi connectivity index (χ2v) is 6.24. The van der Waals surface area contributed by atoms with Crippen LogP contribution in [0.2, 0.25) is 0 Å². The summed E-state index contributed by atoms with van der Waals surface area (Å²) in [5.74, 6) is 0. The largest absolute Gasteiger partial charge is 0.450 e. The van der Waals surface area contributed by atoms with Crippen molar-refractivity contribution < 1.29 is 9.53 Å². The molecular formula is C18H27N3O2. The Kier molecular flexibility index (Phi) is 5.26. The van der Waals surface area contributed by atoms with E-state index in [1.807, 2.05) is 6.92 Å². The molecule has 3 rings (SSSR count). The molecule has 0 aromatic heterocycles. The summed E-state index contributed by atoms with van der Waals surface area (Å²) in [6.45, 7) is 7.83. The van der Waals surface area contributed by atoms with Crippen LogP contribution in [0.4, 0.5) is 16.2 Å². The molecule has 5 nitrogen and oxygen atoms in total. The number of rotatable bonds is 3. The maximum Gasteiger partial charge on any atom is 0.409 e. The minimum atomic E-state index is -0.187. The Labute approximate surface area is 138 Å². The van der Waals surface area contributed by atoms with Gasteiger partial charge in [0, 0.05) is 50.6 Å². The molecule has 0 spiro atoms. The van der Waals surface area contributed by atoms with E-state index in [4.69, 9.17) is 4.74 Å². The number of piperazine rings is 1. The average molecular weight is 317 g/mol. The zero-order valence-electron chi connectivity index (χ0n) is 14.0. The highest BCUT2D eigenvalue weighted by Crippen LogP contribution is 2.24. The van der Waals surface area contributed by atoms with Crippen molar-refractivity contribution in [2.45, 2.75) is 26.2 Å². The van der Waals surface area contributed by atoms with Crippen molar-refractivity contribution in [2.75, 3.05) is 55.7 Å². The number of benzene rings is 1. The van der Waals surface area contributed by atoms with Gasteiger partial charge < -0.3 is 19.4 Å². The Morgan fingerprint density at radius 3 is 1.91 bits per heavy atom. The number of carbonyl (C=O) groups excluding carboxylic acids is 1. The van der Waals surface area contributed by atoms with E-state index in [1.54, 1.807) is 4.90 Å². The first-order valence-corrected chi connectivity index (χ1v) is 8.79. The Morgan fingerprint density at radius 1 is 0.870 bits per heavy atom. The minimum absolute atomic E-state index is 0.187. The lowest BCUT2D eigenvalue weighted by atomic mass is 10.1. The van der Waals surface area contributed by atoms with Crippen LogP contribution in [0.3, 0.4) is 0 Å². The summed E-state index contributed by atoms with van der Waals surface area (Å²) in [5.41, 5.74) is 2.58. The van der Waals surface area contributed by atoms with E-state index in [-0.39, 0.29) is 6.09 Å². The Bertz CT molecular complexity index is 504. The molecule has 2 aliphatic rings. The molecule has 2 heterocycles. The number of carbonyl (C=O) groups is 1. The predicted octanol–water partition coefficient (Wildman–Crippen LogP) is 2.96. The van der Waals surface area contributed by atoms with Crippen LogP contribution in [-0.2, 0) is 4.74 Å². The molecule has 0 saturated carbocycles. The summed E-state index contributed by atoms with van der Waals surface area (Å²) in [6.07, 6.45) is 3.78. The monoisotopic (exact) mass is 317 g/mol. The fourth-order valence-electron chi connectivity index (χ4n) is 3.39. The van der Waals surface area contributed by atoms with E-state index in [0.29, 0.717) is 6.61 Å². The quantitative estimate of drug-likeness (QED) is 0.859. The number of anilines is 2. The van der Waals surface area contributed by atoms with Gasteiger partial charge in [-0.2, -0.15) is 0 Å². The van der Waals surface area contributed by atoms with Crippen molar-refractivity contribution in [3.63, 3.8) is 0 Å². The minimum Gasteiger partial charge on any atom is -0.450 e. The SMILES string of the molecule is CCOC(=O)N1CCN(c2ccc(N3CCCCC3)cc2)CC1. The maximum atomic E-state index is 11.7. The molecule has 1 amide bonds. The van der Waals surface area contributed by atoms with Crippen LogP contribution in [0.15, 0.2) is 24.3 Å². The van der Waals surface area contributed by atoms with Crippen molar-refractivity contribution >= 4 is 17.5 Å². The van der Waals surface area contributed by atoms with Crippen LogP contribution < -0.4 is 9.80 Å². The second kappa shape index (κ2) is 7.57. The number of piperidine rings is 1. The summed E-state index contributed by atoms with van der Waals surface area (Å²) in [6, 6.07) is 8.89. The molecule has 0 unspecified atom stereocenters. The molecule has 1 aromatic carbocycles. The Morgan fingerprint density at radius 2 is 1.39 bits per heavy atom. The van der Waals surface area contributed by atoms with E-state index in [9.17, 15) is 4.79 Å². The van der Waals surface area contributed by atoms with Gasteiger partial charge in [0.15, 0.2) is 0 Å². The first-order valence-electron chi connectivity index (χ1n) is 8.79. The van der Waals surface area contributed by atoms with Gasteiger partial charge in [0.05, 0.1) is 6.61 Å². The average Bonchev–Trinajstić information content (AvgIpc) is 2.63. The maximum absolute atomic E-state index is 11.7. The van der Waals surface area contributed by atoms with Crippen molar-refractivity contribution in [3.8, 4) is 0 Å². The summed E-state index contributed by atoms with van der Waals surface area (Å²) in [7, 11) is 0. The molecular weight excluding hydrogens is 290 g/mol. The molecule has 5 heteroatoms. The fraction of sp³-hybridized carbons (Fsp3) is 0.611. The highest BCUT2D eigenvalue weighted by atomic mass is 16.6. The van der Waals surface area contributed by atoms with Gasteiger partial charge in [0.1, 0.15) is 0 Å². The first-order chi connectivity index (χ1) is 11.3. The molecule has 0 bridgehead atoms. The highest BCUT2D eigenvalue weighted by molar-refractivity contribution is 5.68. The van der Waals surface area contributed by atoms with E-state index < -0.39 is 0 Å². The molecule has 0 N–H and O–H groups in total. The third-order valence-corrected chi connectivity index (χ3v) is 4.74. The summed E-state index contributed by atoms with van der Waals surface area (Å²) in [5, 5.41) is 0. The molecule has 126 valence electrons. The lowest BCUT2D eigenvalue weighted by Crippen LogP contribution is -2.49. The number of ether oxygens (including phenoxy) is 1. The second-order valence-electron chi connectivity index (χ2n) is 6.24. The van der Waals surface area contributed by atoms with Crippen molar-refractivity contribution in [3.05, 3.63) is 24.3 Å². The van der Waals surface area contributed by atoms with Gasteiger partial charge in [-0.05, 0) is 50.5 Å². The fourth-order valence-corrected chi connectivity index (χ4v) is 3.39. The predicted molar refractivity (Wildman–Crippen MR) is 93.3 cm³/mol. The van der Waals surface area contributed by atoms with Crippen LogP contribution in [0.25, 0.3) is 0 Å². The van der Waals surface area contributed by atoms with Crippen LogP contribution in [0.5, 0.6) is 0 Å². The molecule has 23 heavy (non-hydrogen) atoms. The molecule has 2 aliphatic heterocycles. The zero-order valence-corrected chi connectivity index (χ0v) is 14.0. The van der Waals surface area contributed by atoms with E-state index in [2.05, 4.69) is 34.1 Å². The lowest BCUT2D eigenvalue weighted by Gasteiger charge is -2.36. The molecule has 0 aliphatic carbocycles. The normalized spacial score (nSPS) is 18.9. The van der Waals surface area contributed by atoms with Gasteiger partial charge in [-0.25, -0.2) is 4.79 Å². The van der Waals surface area contributed by atoms with E-state index in [0.717, 1.165) is 26.2 Å². The van der Waals surface area contributed by atoms with Gasteiger partial charge in [-0.15, -0.1) is 0 Å². The molecule has 0 atom stereocenters. The highest BCUT2D eigenvalue weighted by Gasteiger charge is 2.22. The lowest BCUT2D eigenvalue weighted by molar-refractivity contribution is 0.105. The number of hydrogen-bond donors (Lipinski definition) is 0. The van der Waals surface area contributed by atoms with Gasteiger partial charge >= 0.3 is 6.09 Å². The van der Waals surface area contributed by atoms with Crippen molar-refractivity contribution in [1.82, 2.24) is 4.90 Å². The molecule has 0 radical (unpaired) electrons.